The minimum Gasteiger partial charge on any atom is -1.00 e. The molecule has 100 valence electrons. The first-order valence-electron chi connectivity index (χ1n) is 5.64. The molecule has 4 heteroatoms. The van der Waals surface area contributed by atoms with Crippen LogP contribution in [0.5, 0.6) is 0 Å². The largest absolute Gasteiger partial charge is 1.00 e. The molecular formula is C14H19ClINO. The summed E-state index contributed by atoms with van der Waals surface area (Å²) in [4.78, 5) is 11.6. The lowest BCUT2D eigenvalue weighted by Gasteiger charge is -2.22. The van der Waals surface area contributed by atoms with Gasteiger partial charge in [-0.1, -0.05) is 29.8 Å². The number of halogens is 2. The van der Waals surface area contributed by atoms with Gasteiger partial charge < -0.3 is 28.5 Å². The number of rotatable bonds is 5. The fraction of sp³-hybridized carbons (Fsp3) is 0.357. The van der Waals surface area contributed by atoms with E-state index in [1.165, 1.54) is 0 Å². The highest BCUT2D eigenvalue weighted by Gasteiger charge is 2.08. The molecule has 1 aromatic rings. The standard InChI is InChI=1S/C14H19ClNO.HI/c1-16(2,3)11-10-13(17)9-8-12-6-4-5-7-14(12)15;/h4-9H,10-11H2,1-3H3;1H/q+1;/p-1/b9-8+;. The molecule has 0 saturated heterocycles. The van der Waals surface area contributed by atoms with E-state index in [0.717, 1.165) is 16.6 Å². The van der Waals surface area contributed by atoms with Crippen molar-refractivity contribution in [2.24, 2.45) is 0 Å². The number of hydrogen-bond acceptors (Lipinski definition) is 1. The Balaban J connectivity index is 0.00000289. The third kappa shape index (κ3) is 7.13. The zero-order valence-corrected chi connectivity index (χ0v) is 13.9. The van der Waals surface area contributed by atoms with Gasteiger partial charge in [0.1, 0.15) is 0 Å². The molecular weight excluding hydrogens is 361 g/mol. The minimum atomic E-state index is 0. The highest BCUT2D eigenvalue weighted by atomic mass is 127. The van der Waals surface area contributed by atoms with E-state index in [9.17, 15) is 4.79 Å². The molecule has 0 aliphatic heterocycles. The van der Waals surface area contributed by atoms with E-state index in [-0.39, 0.29) is 29.8 Å². The second-order valence-corrected chi connectivity index (χ2v) is 5.49. The molecule has 0 spiro atoms. The van der Waals surface area contributed by atoms with Crippen molar-refractivity contribution in [3.05, 3.63) is 40.9 Å². The second kappa shape index (κ2) is 7.92. The molecule has 0 aromatic heterocycles. The Labute approximate surface area is 131 Å². The smallest absolute Gasteiger partial charge is 0.161 e. The number of ketones is 1. The highest BCUT2D eigenvalue weighted by molar-refractivity contribution is 6.32. The molecule has 1 aromatic carbocycles. The van der Waals surface area contributed by atoms with Gasteiger partial charge in [-0.25, -0.2) is 0 Å². The van der Waals surface area contributed by atoms with Crippen LogP contribution in [-0.2, 0) is 4.79 Å². The van der Waals surface area contributed by atoms with Gasteiger partial charge in [-0.05, 0) is 23.8 Å². The second-order valence-electron chi connectivity index (χ2n) is 5.09. The van der Waals surface area contributed by atoms with Crippen LogP contribution in [0.15, 0.2) is 30.3 Å². The minimum absolute atomic E-state index is 0. The van der Waals surface area contributed by atoms with Crippen LogP contribution in [0.2, 0.25) is 5.02 Å². The SMILES string of the molecule is C[N+](C)(C)CCC(=O)/C=C/c1ccccc1Cl.[I-]. The van der Waals surface area contributed by atoms with Gasteiger partial charge in [-0.2, -0.15) is 0 Å². The molecule has 1 rings (SSSR count). The van der Waals surface area contributed by atoms with Gasteiger partial charge in [0.2, 0.25) is 0 Å². The predicted octanol–water partition coefficient (Wildman–Crippen LogP) is 0.0226. The maximum atomic E-state index is 11.6. The zero-order chi connectivity index (χ0) is 12.9. The summed E-state index contributed by atoms with van der Waals surface area (Å²) < 4.78 is 0.797. The van der Waals surface area contributed by atoms with Gasteiger partial charge in [0.25, 0.3) is 0 Å². The molecule has 0 unspecified atom stereocenters. The summed E-state index contributed by atoms with van der Waals surface area (Å²) >= 11 is 5.99. The maximum Gasteiger partial charge on any atom is 0.161 e. The number of carbonyl (C=O) groups is 1. The molecule has 0 fully saturated rings. The van der Waals surface area contributed by atoms with Crippen LogP contribution in [0.1, 0.15) is 12.0 Å². The number of nitrogens with zero attached hydrogens (tertiary/aromatic N) is 1. The average Bonchev–Trinajstić information content (AvgIpc) is 2.24. The summed E-state index contributed by atoms with van der Waals surface area (Å²) in [6.07, 6.45) is 3.95. The quantitative estimate of drug-likeness (QED) is 0.401. The van der Waals surface area contributed by atoms with Crippen LogP contribution in [-0.4, -0.2) is 38.0 Å². The molecule has 0 amide bonds. The van der Waals surface area contributed by atoms with Crippen LogP contribution in [0, 0.1) is 0 Å². The Morgan fingerprint density at radius 2 is 1.89 bits per heavy atom. The van der Waals surface area contributed by atoms with Crippen LogP contribution in [0.25, 0.3) is 6.08 Å². The Morgan fingerprint density at radius 3 is 2.44 bits per heavy atom. The van der Waals surface area contributed by atoms with Crippen molar-refractivity contribution in [3.8, 4) is 0 Å². The van der Waals surface area contributed by atoms with Crippen molar-refractivity contribution in [1.82, 2.24) is 0 Å². The van der Waals surface area contributed by atoms with Crippen molar-refractivity contribution >= 4 is 23.5 Å². The molecule has 0 N–H and O–H groups in total. The number of quaternary nitrogens is 1. The summed E-state index contributed by atoms with van der Waals surface area (Å²) in [7, 11) is 6.22. The van der Waals surface area contributed by atoms with E-state index in [4.69, 9.17) is 11.6 Å². The van der Waals surface area contributed by atoms with Gasteiger partial charge in [-0.15, -0.1) is 0 Å². The van der Waals surface area contributed by atoms with Gasteiger partial charge in [0.15, 0.2) is 5.78 Å². The van der Waals surface area contributed by atoms with Gasteiger partial charge in [0.05, 0.1) is 34.1 Å². The van der Waals surface area contributed by atoms with Gasteiger partial charge >= 0.3 is 0 Å². The van der Waals surface area contributed by atoms with Crippen molar-refractivity contribution < 1.29 is 33.3 Å². The van der Waals surface area contributed by atoms with E-state index >= 15 is 0 Å². The first-order chi connectivity index (χ1) is 7.88. The summed E-state index contributed by atoms with van der Waals surface area (Å²) in [5.41, 5.74) is 0.882. The topological polar surface area (TPSA) is 17.1 Å². The van der Waals surface area contributed by atoms with Crippen molar-refractivity contribution in [1.29, 1.82) is 0 Å². The monoisotopic (exact) mass is 379 g/mol. The molecule has 0 aliphatic carbocycles. The molecule has 2 nitrogen and oxygen atoms in total. The molecule has 0 heterocycles. The predicted molar refractivity (Wildman–Crippen MR) is 73.0 cm³/mol. The summed E-state index contributed by atoms with van der Waals surface area (Å²) in [5.74, 6) is 0.137. The highest BCUT2D eigenvalue weighted by Crippen LogP contribution is 2.16. The maximum absolute atomic E-state index is 11.6. The Hall–Kier alpha value is -0.390. The molecule has 0 saturated carbocycles. The van der Waals surface area contributed by atoms with Crippen LogP contribution < -0.4 is 24.0 Å². The van der Waals surface area contributed by atoms with E-state index in [1.54, 1.807) is 12.2 Å². The van der Waals surface area contributed by atoms with Crippen molar-refractivity contribution in [3.63, 3.8) is 0 Å². The van der Waals surface area contributed by atoms with Crippen molar-refractivity contribution in [2.75, 3.05) is 27.7 Å². The van der Waals surface area contributed by atoms with E-state index in [0.29, 0.717) is 11.4 Å². The first-order valence-corrected chi connectivity index (χ1v) is 6.02. The van der Waals surface area contributed by atoms with E-state index in [2.05, 4.69) is 21.1 Å². The molecule has 18 heavy (non-hydrogen) atoms. The number of carbonyl (C=O) groups excluding carboxylic acids is 1. The zero-order valence-electron chi connectivity index (χ0n) is 11.0. The van der Waals surface area contributed by atoms with Gasteiger partial charge in [-0.3, -0.25) is 4.79 Å². The summed E-state index contributed by atoms with van der Waals surface area (Å²) in [5, 5.41) is 0.670. The Kier molecular flexibility index (Phi) is 7.75. The lowest BCUT2D eigenvalue weighted by molar-refractivity contribution is -0.869. The van der Waals surface area contributed by atoms with Crippen molar-refractivity contribution in [2.45, 2.75) is 6.42 Å². The van der Waals surface area contributed by atoms with E-state index in [1.807, 2.05) is 24.3 Å². The lowest BCUT2D eigenvalue weighted by Crippen LogP contribution is -3.00. The van der Waals surface area contributed by atoms with Crippen LogP contribution >= 0.6 is 11.6 Å². The van der Waals surface area contributed by atoms with Gasteiger partial charge in [0, 0.05) is 5.02 Å². The fourth-order valence-electron chi connectivity index (χ4n) is 1.32. The van der Waals surface area contributed by atoms with Crippen LogP contribution in [0.4, 0.5) is 0 Å². The average molecular weight is 380 g/mol. The molecule has 0 atom stereocenters. The Bertz CT molecular complexity index is 424. The van der Waals surface area contributed by atoms with Crippen LogP contribution in [0.3, 0.4) is 0 Å². The molecule has 0 radical (unpaired) electrons. The number of hydrogen-bond donors (Lipinski definition) is 0. The Morgan fingerprint density at radius 1 is 1.28 bits per heavy atom. The number of benzene rings is 1. The number of allylic oxidation sites excluding steroid dienone is 1. The normalized spacial score (nSPS) is 11.3. The molecule has 0 aliphatic rings. The third-order valence-electron chi connectivity index (χ3n) is 2.38. The lowest BCUT2D eigenvalue weighted by atomic mass is 10.1. The molecule has 0 bridgehead atoms. The van der Waals surface area contributed by atoms with E-state index < -0.39 is 0 Å². The third-order valence-corrected chi connectivity index (χ3v) is 2.73. The summed E-state index contributed by atoms with van der Waals surface area (Å²) in [6, 6.07) is 7.49. The summed E-state index contributed by atoms with van der Waals surface area (Å²) in [6.45, 7) is 0.839. The fourth-order valence-corrected chi connectivity index (χ4v) is 1.52. The first kappa shape index (κ1) is 17.6.